The third-order valence-corrected chi connectivity index (χ3v) is 3.80. The van der Waals surface area contributed by atoms with Crippen molar-refractivity contribution in [1.29, 1.82) is 0 Å². The van der Waals surface area contributed by atoms with Gasteiger partial charge in [0, 0.05) is 25.9 Å². The summed E-state index contributed by atoms with van der Waals surface area (Å²) in [6, 6.07) is 9.58. The summed E-state index contributed by atoms with van der Waals surface area (Å²) in [5, 5.41) is 9.42. The van der Waals surface area contributed by atoms with Crippen molar-refractivity contribution in [3.05, 3.63) is 35.9 Å². The van der Waals surface area contributed by atoms with E-state index >= 15 is 0 Å². The molecule has 3 N–H and O–H groups in total. The Morgan fingerprint density at radius 2 is 1.88 bits per heavy atom. The zero-order chi connectivity index (χ0) is 18.7. The predicted molar refractivity (Wildman–Crippen MR) is 122 cm³/mol. The number of ether oxygens (including phenoxy) is 1. The van der Waals surface area contributed by atoms with E-state index < -0.39 is 11.7 Å². The van der Waals surface area contributed by atoms with Crippen LogP contribution in [-0.2, 0) is 4.74 Å². The number of hydrogen-bond donors (Lipinski definition) is 3. The van der Waals surface area contributed by atoms with Crippen molar-refractivity contribution in [1.82, 2.24) is 16.0 Å². The van der Waals surface area contributed by atoms with Gasteiger partial charge in [-0.05, 0) is 32.6 Å². The second-order valence-electron chi connectivity index (χ2n) is 6.48. The Kier molecular flexibility index (Phi) is 12.5. The largest absolute Gasteiger partial charge is 0.444 e. The van der Waals surface area contributed by atoms with E-state index in [0.29, 0.717) is 12.5 Å². The first-order chi connectivity index (χ1) is 11.9. The van der Waals surface area contributed by atoms with Crippen LogP contribution in [0.3, 0.4) is 0 Å². The zero-order valence-electron chi connectivity index (χ0n) is 16.2. The number of carbonyl (C=O) groups is 1. The molecule has 0 saturated carbocycles. The maximum Gasteiger partial charge on any atom is 0.408 e. The lowest BCUT2D eigenvalue weighted by Gasteiger charge is -2.24. The fourth-order valence-corrected chi connectivity index (χ4v) is 2.38. The minimum Gasteiger partial charge on any atom is -0.444 e. The molecule has 0 bridgehead atoms. The number of hydrogen-bond acceptors (Lipinski definition) is 4. The third-order valence-electron chi connectivity index (χ3n) is 3.19. The number of carbonyl (C=O) groups excluding carboxylic acids is 1. The number of amides is 1. The average molecular weight is 494 g/mol. The molecule has 26 heavy (non-hydrogen) atoms. The van der Waals surface area contributed by atoms with Crippen LogP contribution < -0.4 is 16.0 Å². The van der Waals surface area contributed by atoms with Gasteiger partial charge in [-0.2, -0.15) is 11.8 Å². The molecule has 0 aliphatic heterocycles. The molecule has 1 aromatic carbocycles. The highest BCUT2D eigenvalue weighted by atomic mass is 127. The molecule has 0 aliphatic carbocycles. The Morgan fingerprint density at radius 3 is 2.42 bits per heavy atom. The van der Waals surface area contributed by atoms with Crippen molar-refractivity contribution in [3.63, 3.8) is 0 Å². The SMILES string of the molecule is CN=C(NCCSC)NCC(NC(=O)OC(C)(C)C)c1ccccc1.I. The van der Waals surface area contributed by atoms with Gasteiger partial charge in [0.05, 0.1) is 6.04 Å². The lowest BCUT2D eigenvalue weighted by atomic mass is 10.1. The van der Waals surface area contributed by atoms with Crippen molar-refractivity contribution >= 4 is 47.8 Å². The number of halogens is 1. The summed E-state index contributed by atoms with van der Waals surface area (Å²) in [5.74, 6) is 1.71. The molecular weight excluding hydrogens is 463 g/mol. The Hall–Kier alpha value is -1.16. The first kappa shape index (κ1) is 24.8. The molecule has 1 rings (SSSR count). The second kappa shape index (κ2) is 13.1. The Labute approximate surface area is 178 Å². The quantitative estimate of drug-likeness (QED) is 0.235. The average Bonchev–Trinajstić information content (AvgIpc) is 2.56. The Morgan fingerprint density at radius 1 is 1.23 bits per heavy atom. The predicted octanol–water partition coefficient (Wildman–Crippen LogP) is 3.40. The van der Waals surface area contributed by atoms with Gasteiger partial charge >= 0.3 is 6.09 Å². The lowest BCUT2D eigenvalue weighted by molar-refractivity contribution is 0.0504. The van der Waals surface area contributed by atoms with Gasteiger partial charge in [-0.1, -0.05) is 30.3 Å². The van der Waals surface area contributed by atoms with Crippen molar-refractivity contribution in [3.8, 4) is 0 Å². The molecule has 0 aliphatic rings. The minimum absolute atomic E-state index is 0. The van der Waals surface area contributed by atoms with Crippen LogP contribution in [0.2, 0.25) is 0 Å². The van der Waals surface area contributed by atoms with Gasteiger partial charge in [-0.15, -0.1) is 24.0 Å². The molecule has 0 fully saturated rings. The highest BCUT2D eigenvalue weighted by molar-refractivity contribution is 14.0. The van der Waals surface area contributed by atoms with E-state index in [2.05, 4.69) is 27.2 Å². The monoisotopic (exact) mass is 494 g/mol. The molecule has 6 nitrogen and oxygen atoms in total. The number of benzene rings is 1. The van der Waals surface area contributed by atoms with E-state index in [1.54, 1.807) is 18.8 Å². The summed E-state index contributed by atoms with van der Waals surface area (Å²) in [4.78, 5) is 16.4. The first-order valence-corrected chi connectivity index (χ1v) is 9.73. The maximum atomic E-state index is 12.2. The molecular formula is C18H31IN4O2S. The Bertz CT molecular complexity index is 550. The smallest absolute Gasteiger partial charge is 0.408 e. The number of guanidine groups is 1. The number of thioether (sulfide) groups is 1. The van der Waals surface area contributed by atoms with E-state index in [1.807, 2.05) is 51.1 Å². The van der Waals surface area contributed by atoms with Crippen LogP contribution in [0.15, 0.2) is 35.3 Å². The van der Waals surface area contributed by atoms with E-state index in [0.717, 1.165) is 17.9 Å². The topological polar surface area (TPSA) is 74.8 Å². The van der Waals surface area contributed by atoms with Crippen LogP contribution in [-0.4, -0.2) is 49.8 Å². The summed E-state index contributed by atoms with van der Waals surface area (Å²) in [5.41, 5.74) is 0.467. The molecule has 0 aromatic heterocycles. The molecule has 0 heterocycles. The fraction of sp³-hybridized carbons (Fsp3) is 0.556. The molecule has 1 unspecified atom stereocenters. The highest BCUT2D eigenvalue weighted by Gasteiger charge is 2.20. The van der Waals surface area contributed by atoms with E-state index in [1.165, 1.54) is 0 Å². The summed E-state index contributed by atoms with van der Waals surface area (Å²) in [7, 11) is 1.73. The molecule has 8 heteroatoms. The van der Waals surface area contributed by atoms with Crippen LogP contribution in [0.4, 0.5) is 4.79 Å². The summed E-state index contributed by atoms with van der Waals surface area (Å²) < 4.78 is 5.38. The molecule has 1 aromatic rings. The van der Waals surface area contributed by atoms with Crippen LogP contribution in [0.25, 0.3) is 0 Å². The van der Waals surface area contributed by atoms with Crippen molar-refractivity contribution in [2.75, 3.05) is 32.1 Å². The van der Waals surface area contributed by atoms with Gasteiger partial charge in [-0.25, -0.2) is 4.79 Å². The van der Waals surface area contributed by atoms with Crippen LogP contribution in [0, 0.1) is 0 Å². The molecule has 0 spiro atoms. The van der Waals surface area contributed by atoms with E-state index in [9.17, 15) is 4.79 Å². The van der Waals surface area contributed by atoms with Gasteiger partial charge in [0.25, 0.3) is 0 Å². The molecule has 1 amide bonds. The molecule has 0 radical (unpaired) electrons. The van der Waals surface area contributed by atoms with Gasteiger partial charge in [0.2, 0.25) is 0 Å². The van der Waals surface area contributed by atoms with Crippen LogP contribution in [0.1, 0.15) is 32.4 Å². The summed E-state index contributed by atoms with van der Waals surface area (Å²) in [6.45, 7) is 6.87. The third kappa shape index (κ3) is 10.7. The molecule has 148 valence electrons. The van der Waals surface area contributed by atoms with E-state index in [4.69, 9.17) is 4.74 Å². The van der Waals surface area contributed by atoms with Gasteiger partial charge in [0.1, 0.15) is 5.60 Å². The highest BCUT2D eigenvalue weighted by Crippen LogP contribution is 2.14. The maximum absolute atomic E-state index is 12.2. The number of nitrogens with one attached hydrogen (secondary N) is 3. The lowest BCUT2D eigenvalue weighted by Crippen LogP contribution is -2.44. The molecule has 1 atom stereocenters. The first-order valence-electron chi connectivity index (χ1n) is 8.33. The van der Waals surface area contributed by atoms with Crippen molar-refractivity contribution < 1.29 is 9.53 Å². The van der Waals surface area contributed by atoms with E-state index in [-0.39, 0.29) is 30.0 Å². The normalized spacial score (nSPS) is 12.6. The minimum atomic E-state index is -0.534. The number of aliphatic imine (C=N–C) groups is 1. The van der Waals surface area contributed by atoms with Crippen LogP contribution >= 0.6 is 35.7 Å². The number of rotatable bonds is 7. The van der Waals surface area contributed by atoms with Gasteiger partial charge in [-0.3, -0.25) is 4.99 Å². The molecule has 0 saturated heterocycles. The number of alkyl carbamates (subject to hydrolysis) is 1. The second-order valence-corrected chi connectivity index (χ2v) is 7.47. The standard InChI is InChI=1S/C18H30N4O2S.HI/c1-18(2,3)24-17(23)22-15(14-9-7-6-8-10-14)13-21-16(19-4)20-11-12-25-5;/h6-10,15H,11-13H2,1-5H3,(H,22,23)(H2,19,20,21);1H. The summed E-state index contributed by atoms with van der Waals surface area (Å²) >= 11 is 1.77. The van der Waals surface area contributed by atoms with Crippen molar-refractivity contribution in [2.45, 2.75) is 32.4 Å². The summed E-state index contributed by atoms with van der Waals surface area (Å²) in [6.07, 6.45) is 1.63. The van der Waals surface area contributed by atoms with Crippen molar-refractivity contribution in [2.24, 2.45) is 4.99 Å². The van der Waals surface area contributed by atoms with Gasteiger partial charge in [0.15, 0.2) is 5.96 Å². The van der Waals surface area contributed by atoms with Crippen LogP contribution in [0.5, 0.6) is 0 Å². The number of nitrogens with zero attached hydrogens (tertiary/aromatic N) is 1. The Balaban J connectivity index is 0.00000625. The fourth-order valence-electron chi connectivity index (χ4n) is 2.08. The van der Waals surface area contributed by atoms with Gasteiger partial charge < -0.3 is 20.7 Å². The zero-order valence-corrected chi connectivity index (χ0v) is 19.3.